The SMILES string of the molecule is Cc1ccc(C(C)Nc2cccc(OCC#N)c2)cc1C. The van der Waals surface area contributed by atoms with E-state index >= 15 is 0 Å². The van der Waals surface area contributed by atoms with Crippen molar-refractivity contribution in [3.8, 4) is 11.8 Å². The van der Waals surface area contributed by atoms with E-state index in [1.165, 1.54) is 16.7 Å². The second-order valence-electron chi connectivity index (χ2n) is 5.18. The van der Waals surface area contributed by atoms with Crippen LogP contribution < -0.4 is 10.1 Å². The van der Waals surface area contributed by atoms with Crippen molar-refractivity contribution in [1.29, 1.82) is 5.26 Å². The van der Waals surface area contributed by atoms with Crippen LogP contribution in [0.25, 0.3) is 0 Å². The predicted octanol–water partition coefficient (Wildman–Crippen LogP) is 4.38. The van der Waals surface area contributed by atoms with Crippen LogP contribution in [0.1, 0.15) is 29.7 Å². The van der Waals surface area contributed by atoms with Gasteiger partial charge >= 0.3 is 0 Å². The van der Waals surface area contributed by atoms with Gasteiger partial charge in [0.2, 0.25) is 0 Å². The molecule has 2 rings (SSSR count). The highest BCUT2D eigenvalue weighted by Gasteiger charge is 2.07. The van der Waals surface area contributed by atoms with E-state index < -0.39 is 0 Å². The lowest BCUT2D eigenvalue weighted by atomic mass is 10.0. The highest BCUT2D eigenvalue weighted by atomic mass is 16.5. The summed E-state index contributed by atoms with van der Waals surface area (Å²) in [6.45, 7) is 6.44. The zero-order valence-electron chi connectivity index (χ0n) is 12.7. The van der Waals surface area contributed by atoms with Crippen molar-refractivity contribution in [3.63, 3.8) is 0 Å². The van der Waals surface area contributed by atoms with Gasteiger partial charge in [0.05, 0.1) is 0 Å². The molecule has 0 aliphatic carbocycles. The predicted molar refractivity (Wildman–Crippen MR) is 85.5 cm³/mol. The van der Waals surface area contributed by atoms with Crippen molar-refractivity contribution in [2.75, 3.05) is 11.9 Å². The summed E-state index contributed by atoms with van der Waals surface area (Å²) in [6.07, 6.45) is 0. The van der Waals surface area contributed by atoms with Crippen LogP contribution in [0.2, 0.25) is 0 Å². The molecule has 0 saturated heterocycles. The number of nitrogens with one attached hydrogen (secondary N) is 1. The molecular weight excluding hydrogens is 260 g/mol. The van der Waals surface area contributed by atoms with Gasteiger partial charge in [0.15, 0.2) is 6.61 Å². The molecule has 2 aromatic carbocycles. The minimum Gasteiger partial charge on any atom is -0.479 e. The van der Waals surface area contributed by atoms with Crippen molar-refractivity contribution in [3.05, 3.63) is 59.2 Å². The summed E-state index contributed by atoms with van der Waals surface area (Å²) in [6, 6.07) is 16.4. The molecule has 0 aliphatic heterocycles. The molecule has 1 unspecified atom stereocenters. The third-order valence-electron chi connectivity index (χ3n) is 3.55. The lowest BCUT2D eigenvalue weighted by Gasteiger charge is -2.17. The zero-order valence-corrected chi connectivity index (χ0v) is 12.7. The third-order valence-corrected chi connectivity index (χ3v) is 3.55. The first-order valence-corrected chi connectivity index (χ1v) is 7.03. The summed E-state index contributed by atoms with van der Waals surface area (Å²) >= 11 is 0. The van der Waals surface area contributed by atoms with Crippen LogP contribution in [-0.4, -0.2) is 6.61 Å². The molecular formula is C18H20N2O. The normalized spacial score (nSPS) is 11.5. The molecule has 0 amide bonds. The van der Waals surface area contributed by atoms with Crippen LogP contribution in [0.3, 0.4) is 0 Å². The number of aryl methyl sites for hydroxylation is 2. The maximum Gasteiger partial charge on any atom is 0.174 e. The smallest absolute Gasteiger partial charge is 0.174 e. The van der Waals surface area contributed by atoms with Gasteiger partial charge in [-0.1, -0.05) is 24.3 Å². The second kappa shape index (κ2) is 6.81. The molecule has 0 heterocycles. The first-order valence-electron chi connectivity index (χ1n) is 7.03. The highest BCUT2D eigenvalue weighted by Crippen LogP contribution is 2.24. The van der Waals surface area contributed by atoms with Gasteiger partial charge in [0.25, 0.3) is 0 Å². The van der Waals surface area contributed by atoms with Crippen molar-refractivity contribution in [2.24, 2.45) is 0 Å². The molecule has 0 fully saturated rings. The molecule has 108 valence electrons. The Morgan fingerprint density at radius 2 is 1.95 bits per heavy atom. The highest BCUT2D eigenvalue weighted by molar-refractivity contribution is 5.50. The largest absolute Gasteiger partial charge is 0.479 e. The Kier molecular flexibility index (Phi) is 4.84. The minimum atomic E-state index is 0.0656. The number of rotatable bonds is 5. The van der Waals surface area contributed by atoms with Crippen molar-refractivity contribution in [1.82, 2.24) is 0 Å². The molecule has 0 radical (unpaired) electrons. The number of nitriles is 1. The van der Waals surface area contributed by atoms with Crippen LogP contribution in [0, 0.1) is 25.2 Å². The molecule has 1 N–H and O–H groups in total. The van der Waals surface area contributed by atoms with E-state index in [-0.39, 0.29) is 12.6 Å². The van der Waals surface area contributed by atoms with Crippen LogP contribution in [0.4, 0.5) is 5.69 Å². The lowest BCUT2D eigenvalue weighted by Crippen LogP contribution is -2.07. The molecule has 2 aromatic rings. The number of nitrogens with zero attached hydrogens (tertiary/aromatic N) is 1. The molecule has 0 aliphatic rings. The molecule has 0 bridgehead atoms. The van der Waals surface area contributed by atoms with Gasteiger partial charge in [-0.2, -0.15) is 5.26 Å². The summed E-state index contributed by atoms with van der Waals surface area (Å²) in [7, 11) is 0. The summed E-state index contributed by atoms with van der Waals surface area (Å²) in [5, 5.41) is 12.0. The molecule has 1 atom stereocenters. The number of benzene rings is 2. The minimum absolute atomic E-state index is 0.0656. The topological polar surface area (TPSA) is 45.0 Å². The Labute approximate surface area is 126 Å². The van der Waals surface area contributed by atoms with E-state index in [1.54, 1.807) is 0 Å². The molecule has 0 aromatic heterocycles. The van der Waals surface area contributed by atoms with Gasteiger partial charge in [-0.3, -0.25) is 0 Å². The fourth-order valence-corrected chi connectivity index (χ4v) is 2.16. The number of hydrogen-bond donors (Lipinski definition) is 1. The molecule has 3 nitrogen and oxygen atoms in total. The fourth-order valence-electron chi connectivity index (χ4n) is 2.16. The van der Waals surface area contributed by atoms with Crippen LogP contribution in [0.15, 0.2) is 42.5 Å². The second-order valence-corrected chi connectivity index (χ2v) is 5.18. The van der Waals surface area contributed by atoms with Crippen molar-refractivity contribution >= 4 is 5.69 Å². The average Bonchev–Trinajstić information content (AvgIpc) is 2.48. The molecule has 3 heteroatoms. The van der Waals surface area contributed by atoms with Crippen LogP contribution >= 0.6 is 0 Å². The number of anilines is 1. The summed E-state index contributed by atoms with van der Waals surface area (Å²) < 4.78 is 5.32. The van der Waals surface area contributed by atoms with Crippen molar-refractivity contribution < 1.29 is 4.74 Å². The summed E-state index contributed by atoms with van der Waals surface area (Å²) in [5.74, 6) is 0.703. The lowest BCUT2D eigenvalue weighted by molar-refractivity contribution is 0.368. The van der Waals surface area contributed by atoms with Gasteiger partial charge in [0.1, 0.15) is 11.8 Å². The Hall–Kier alpha value is -2.47. The molecule has 0 spiro atoms. The maximum atomic E-state index is 8.55. The number of hydrogen-bond acceptors (Lipinski definition) is 3. The van der Waals surface area contributed by atoms with E-state index in [0.29, 0.717) is 5.75 Å². The third kappa shape index (κ3) is 4.00. The monoisotopic (exact) mass is 280 g/mol. The van der Waals surface area contributed by atoms with Gasteiger partial charge in [-0.05, 0) is 49.6 Å². The van der Waals surface area contributed by atoms with E-state index in [0.717, 1.165) is 5.69 Å². The van der Waals surface area contributed by atoms with Gasteiger partial charge in [-0.25, -0.2) is 0 Å². The maximum absolute atomic E-state index is 8.55. The number of ether oxygens (including phenoxy) is 1. The van der Waals surface area contributed by atoms with Crippen LogP contribution in [-0.2, 0) is 0 Å². The van der Waals surface area contributed by atoms with E-state index in [9.17, 15) is 0 Å². The first kappa shape index (κ1) is 14.9. The summed E-state index contributed by atoms with van der Waals surface area (Å²) in [5.41, 5.74) is 4.84. The average molecular weight is 280 g/mol. The van der Waals surface area contributed by atoms with E-state index in [1.807, 2.05) is 30.3 Å². The Morgan fingerprint density at radius 1 is 1.14 bits per heavy atom. The quantitative estimate of drug-likeness (QED) is 0.884. The standard InChI is InChI=1S/C18H20N2O/c1-13-7-8-16(11-14(13)2)15(3)20-17-5-4-6-18(12-17)21-10-9-19/h4-8,11-12,15,20H,10H2,1-3H3. The van der Waals surface area contributed by atoms with Crippen molar-refractivity contribution in [2.45, 2.75) is 26.8 Å². The first-order chi connectivity index (χ1) is 10.1. The van der Waals surface area contributed by atoms with Gasteiger partial charge < -0.3 is 10.1 Å². The van der Waals surface area contributed by atoms with E-state index in [4.69, 9.17) is 10.00 Å². The fraction of sp³-hybridized carbons (Fsp3) is 0.278. The summed E-state index contributed by atoms with van der Waals surface area (Å²) in [4.78, 5) is 0. The van der Waals surface area contributed by atoms with Gasteiger partial charge in [-0.15, -0.1) is 0 Å². The van der Waals surface area contributed by atoms with Crippen LogP contribution in [0.5, 0.6) is 5.75 Å². The van der Waals surface area contributed by atoms with E-state index in [2.05, 4.69) is 44.3 Å². The Bertz CT molecular complexity index is 659. The van der Waals surface area contributed by atoms with Gasteiger partial charge in [0, 0.05) is 17.8 Å². The Balaban J connectivity index is 2.10. The molecule has 21 heavy (non-hydrogen) atoms. The molecule has 0 saturated carbocycles. The Morgan fingerprint density at radius 3 is 2.67 bits per heavy atom. The zero-order chi connectivity index (χ0) is 15.2.